The Kier molecular flexibility index (Phi) is 6.67. The topological polar surface area (TPSA) is 73.6 Å². The van der Waals surface area contributed by atoms with E-state index >= 15 is 0 Å². The van der Waals surface area contributed by atoms with Crippen LogP contribution in [-0.2, 0) is 21.4 Å². The van der Waals surface area contributed by atoms with Gasteiger partial charge in [0.2, 0.25) is 11.8 Å². The van der Waals surface area contributed by atoms with Crippen molar-refractivity contribution in [1.82, 2.24) is 10.3 Å². The summed E-state index contributed by atoms with van der Waals surface area (Å²) >= 11 is 0. The Hall–Kier alpha value is -3.12. The largest absolute Gasteiger partial charge is 0.494 e. The predicted molar refractivity (Wildman–Crippen MR) is 118 cm³/mol. The molecule has 1 saturated heterocycles. The lowest BCUT2D eigenvalue weighted by atomic mass is 9.74. The van der Waals surface area contributed by atoms with E-state index in [4.69, 9.17) is 13.9 Å². The second-order valence-electron chi connectivity index (χ2n) is 7.81. The van der Waals surface area contributed by atoms with Gasteiger partial charge >= 0.3 is 0 Å². The smallest absolute Gasteiger partial charge is 0.226 e. The number of benzene rings is 2. The van der Waals surface area contributed by atoms with E-state index in [0.29, 0.717) is 38.0 Å². The molecule has 2 heterocycles. The maximum absolute atomic E-state index is 12.7. The van der Waals surface area contributed by atoms with E-state index in [-0.39, 0.29) is 17.7 Å². The van der Waals surface area contributed by atoms with E-state index in [1.54, 1.807) is 6.26 Å². The van der Waals surface area contributed by atoms with E-state index in [1.807, 2.05) is 49.4 Å². The quantitative estimate of drug-likeness (QED) is 0.593. The lowest BCUT2D eigenvalue weighted by Gasteiger charge is -2.38. The summed E-state index contributed by atoms with van der Waals surface area (Å²) in [5.41, 5.74) is 2.58. The molecule has 31 heavy (non-hydrogen) atoms. The van der Waals surface area contributed by atoms with Gasteiger partial charge in [0.1, 0.15) is 12.0 Å². The summed E-state index contributed by atoms with van der Waals surface area (Å²) in [5.74, 6) is 1.32. The van der Waals surface area contributed by atoms with E-state index in [1.165, 1.54) is 5.56 Å². The molecule has 0 bridgehead atoms. The predicted octanol–water partition coefficient (Wildman–Crippen LogP) is 4.15. The minimum atomic E-state index is -0.141. The van der Waals surface area contributed by atoms with Crippen LogP contribution in [0, 0.1) is 0 Å². The van der Waals surface area contributed by atoms with Crippen LogP contribution in [0.5, 0.6) is 5.75 Å². The molecule has 0 atom stereocenters. The zero-order chi connectivity index (χ0) is 21.5. The number of nitrogens with zero attached hydrogens (tertiary/aromatic N) is 1. The molecule has 1 amide bonds. The first kappa shape index (κ1) is 21.1. The van der Waals surface area contributed by atoms with Crippen LogP contribution >= 0.6 is 0 Å². The first-order valence-electron chi connectivity index (χ1n) is 10.8. The van der Waals surface area contributed by atoms with Crippen molar-refractivity contribution in [3.8, 4) is 17.2 Å². The second-order valence-corrected chi connectivity index (χ2v) is 7.81. The van der Waals surface area contributed by atoms with Crippen LogP contribution in [0.25, 0.3) is 11.5 Å². The number of carbonyl (C=O) groups excluding carboxylic acids is 1. The highest BCUT2D eigenvalue weighted by molar-refractivity contribution is 5.78. The molecule has 0 spiro atoms. The van der Waals surface area contributed by atoms with E-state index in [9.17, 15) is 4.79 Å². The third-order valence-corrected chi connectivity index (χ3v) is 5.77. The molecule has 2 aromatic carbocycles. The number of amides is 1. The molecule has 162 valence electrons. The van der Waals surface area contributed by atoms with Gasteiger partial charge in [0.05, 0.1) is 18.7 Å². The molecule has 1 aliphatic rings. The number of aromatic nitrogens is 1. The van der Waals surface area contributed by atoms with Crippen molar-refractivity contribution in [2.75, 3.05) is 26.4 Å². The van der Waals surface area contributed by atoms with Crippen molar-refractivity contribution < 1.29 is 18.7 Å². The fraction of sp³-hybridized carbons (Fsp3) is 0.360. The van der Waals surface area contributed by atoms with E-state index in [0.717, 1.165) is 24.2 Å². The SMILES string of the molecule is CCOc1ccc(C2(CNC(=O)Cc3coc(-c4ccccc4)n3)CCOCC2)cc1. The Morgan fingerprint density at radius 3 is 2.55 bits per heavy atom. The zero-order valence-corrected chi connectivity index (χ0v) is 17.8. The molecule has 3 aromatic rings. The molecule has 1 N–H and O–H groups in total. The van der Waals surface area contributed by atoms with Gasteiger partial charge in [-0.25, -0.2) is 4.98 Å². The number of nitrogens with one attached hydrogen (secondary N) is 1. The van der Waals surface area contributed by atoms with Crippen molar-refractivity contribution in [3.63, 3.8) is 0 Å². The second kappa shape index (κ2) is 9.79. The third kappa shape index (κ3) is 5.14. The van der Waals surface area contributed by atoms with Crippen molar-refractivity contribution in [2.24, 2.45) is 0 Å². The summed E-state index contributed by atoms with van der Waals surface area (Å²) in [5, 5.41) is 3.12. The van der Waals surface area contributed by atoms with Gasteiger partial charge in [0.25, 0.3) is 0 Å². The van der Waals surface area contributed by atoms with Crippen molar-refractivity contribution in [2.45, 2.75) is 31.6 Å². The normalized spacial score (nSPS) is 15.4. The van der Waals surface area contributed by atoms with Crippen LogP contribution in [0.1, 0.15) is 31.0 Å². The van der Waals surface area contributed by atoms with Crippen LogP contribution in [0.3, 0.4) is 0 Å². The summed E-state index contributed by atoms with van der Waals surface area (Å²) in [6, 6.07) is 17.9. The molecule has 4 rings (SSSR count). The first-order chi connectivity index (χ1) is 15.2. The average molecular weight is 421 g/mol. The molecular formula is C25H28N2O4. The third-order valence-electron chi connectivity index (χ3n) is 5.77. The van der Waals surface area contributed by atoms with Gasteiger partial charge in [-0.3, -0.25) is 4.79 Å². The number of rotatable bonds is 8. The number of oxazole rings is 1. The molecular weight excluding hydrogens is 392 g/mol. The average Bonchev–Trinajstić information content (AvgIpc) is 3.28. The number of ether oxygens (including phenoxy) is 2. The Morgan fingerprint density at radius 1 is 1.10 bits per heavy atom. The zero-order valence-electron chi connectivity index (χ0n) is 17.8. The summed E-state index contributed by atoms with van der Waals surface area (Å²) in [4.78, 5) is 17.1. The molecule has 6 heteroatoms. The van der Waals surface area contributed by atoms with Crippen LogP contribution in [-0.4, -0.2) is 37.3 Å². The van der Waals surface area contributed by atoms with Crippen LogP contribution in [0.15, 0.2) is 65.3 Å². The molecule has 1 aromatic heterocycles. The molecule has 6 nitrogen and oxygen atoms in total. The van der Waals surface area contributed by atoms with Gasteiger partial charge in [0.15, 0.2) is 0 Å². The van der Waals surface area contributed by atoms with E-state index < -0.39 is 0 Å². The minimum Gasteiger partial charge on any atom is -0.494 e. The lowest BCUT2D eigenvalue weighted by molar-refractivity contribution is -0.121. The highest BCUT2D eigenvalue weighted by Crippen LogP contribution is 2.35. The fourth-order valence-corrected chi connectivity index (χ4v) is 4.00. The van der Waals surface area contributed by atoms with Crippen LogP contribution in [0.2, 0.25) is 0 Å². The van der Waals surface area contributed by atoms with Gasteiger partial charge in [-0.2, -0.15) is 0 Å². The standard InChI is InChI=1S/C25H28N2O4/c1-2-30-22-10-8-20(9-11-22)25(12-14-29-15-13-25)18-26-23(28)16-21-17-31-24(27-21)19-6-4-3-5-7-19/h3-11,17H,2,12-16,18H2,1H3,(H,26,28). The van der Waals surface area contributed by atoms with E-state index in [2.05, 4.69) is 22.4 Å². The number of hydrogen-bond donors (Lipinski definition) is 1. The lowest BCUT2D eigenvalue weighted by Crippen LogP contribution is -2.45. The molecule has 0 saturated carbocycles. The van der Waals surface area contributed by atoms with Gasteiger partial charge < -0.3 is 19.2 Å². The Balaban J connectivity index is 1.40. The van der Waals surface area contributed by atoms with Gasteiger partial charge in [-0.1, -0.05) is 30.3 Å². The van der Waals surface area contributed by atoms with Gasteiger partial charge in [-0.15, -0.1) is 0 Å². The molecule has 1 fully saturated rings. The van der Waals surface area contributed by atoms with Crippen molar-refractivity contribution in [3.05, 3.63) is 72.1 Å². The maximum atomic E-state index is 12.7. The molecule has 0 aliphatic carbocycles. The Morgan fingerprint density at radius 2 is 1.84 bits per heavy atom. The van der Waals surface area contributed by atoms with Gasteiger partial charge in [-0.05, 0) is 49.6 Å². The summed E-state index contributed by atoms with van der Waals surface area (Å²) in [6.07, 6.45) is 3.47. The van der Waals surface area contributed by atoms with Crippen molar-refractivity contribution >= 4 is 5.91 Å². The highest BCUT2D eigenvalue weighted by atomic mass is 16.5. The van der Waals surface area contributed by atoms with Gasteiger partial charge in [0, 0.05) is 30.7 Å². The highest BCUT2D eigenvalue weighted by Gasteiger charge is 2.35. The van der Waals surface area contributed by atoms with Crippen molar-refractivity contribution in [1.29, 1.82) is 0 Å². The van der Waals surface area contributed by atoms with Crippen LogP contribution in [0.4, 0.5) is 0 Å². The summed E-state index contributed by atoms with van der Waals surface area (Å²) in [6.45, 7) is 4.55. The summed E-state index contributed by atoms with van der Waals surface area (Å²) in [7, 11) is 0. The first-order valence-corrected chi connectivity index (χ1v) is 10.8. The minimum absolute atomic E-state index is 0.0651. The number of carbonyl (C=O) groups is 1. The summed E-state index contributed by atoms with van der Waals surface area (Å²) < 4.78 is 16.7. The molecule has 0 unspecified atom stereocenters. The monoisotopic (exact) mass is 420 g/mol. The maximum Gasteiger partial charge on any atom is 0.226 e. The number of hydrogen-bond acceptors (Lipinski definition) is 5. The molecule has 0 radical (unpaired) electrons. The Labute approximate surface area is 182 Å². The Bertz CT molecular complexity index is 976. The fourth-order valence-electron chi connectivity index (χ4n) is 4.00. The van der Waals surface area contributed by atoms with Crippen LogP contribution < -0.4 is 10.1 Å². The molecule has 1 aliphatic heterocycles.